The minimum Gasteiger partial charge on any atom is -0.341 e. The lowest BCUT2D eigenvalue weighted by molar-refractivity contribution is -0.139. The molecule has 184 valence electrons. The Bertz CT molecular complexity index is 804. The minimum absolute atomic E-state index is 0.0900. The van der Waals surface area contributed by atoms with E-state index < -0.39 is 0 Å². The van der Waals surface area contributed by atoms with Crippen LogP contribution in [0.4, 0.5) is 0 Å². The van der Waals surface area contributed by atoms with Crippen LogP contribution in [0.15, 0.2) is 47.1 Å². The average molecular weight is 473 g/mol. The summed E-state index contributed by atoms with van der Waals surface area (Å²) < 4.78 is 0. The molecule has 4 heteroatoms. The first-order valence-electron chi connectivity index (χ1n) is 13.0. The van der Waals surface area contributed by atoms with Crippen LogP contribution in [-0.2, 0) is 4.79 Å². The summed E-state index contributed by atoms with van der Waals surface area (Å²) in [4.78, 5) is 15.7. The quantitative estimate of drug-likeness (QED) is 0.425. The molecule has 4 atom stereocenters. The van der Waals surface area contributed by atoms with Crippen LogP contribution in [0.5, 0.6) is 0 Å². The SMILES string of the molecule is CC(C)C1C=CC(CCN[C@@H](C(=O)N2CC[C@H](C3C=CC(Cl)=CC3)C(C)(C)C2)C(C)C)=CC1. The molecule has 0 radical (unpaired) electrons. The summed E-state index contributed by atoms with van der Waals surface area (Å²) in [5.41, 5.74) is 1.48. The molecule has 1 N–H and O–H groups in total. The highest BCUT2D eigenvalue weighted by Gasteiger charge is 2.42. The van der Waals surface area contributed by atoms with Gasteiger partial charge in [0.2, 0.25) is 5.91 Å². The van der Waals surface area contributed by atoms with Gasteiger partial charge >= 0.3 is 0 Å². The van der Waals surface area contributed by atoms with E-state index in [1.54, 1.807) is 0 Å². The van der Waals surface area contributed by atoms with Crippen LogP contribution in [-0.4, -0.2) is 36.5 Å². The molecule has 0 aromatic rings. The first kappa shape index (κ1) is 26.3. The lowest BCUT2D eigenvalue weighted by Gasteiger charge is -2.48. The fourth-order valence-corrected chi connectivity index (χ4v) is 5.96. The summed E-state index contributed by atoms with van der Waals surface area (Å²) in [6, 6.07) is -0.120. The number of likely N-dealkylation sites (tertiary alicyclic amines) is 1. The second kappa shape index (κ2) is 11.4. The highest BCUT2D eigenvalue weighted by atomic mass is 35.5. The van der Waals surface area contributed by atoms with Crippen LogP contribution in [0.2, 0.25) is 0 Å². The zero-order valence-electron chi connectivity index (χ0n) is 21.6. The Morgan fingerprint density at radius 2 is 1.91 bits per heavy atom. The number of nitrogens with one attached hydrogen (secondary N) is 1. The molecule has 1 aliphatic heterocycles. The van der Waals surface area contributed by atoms with Crippen molar-refractivity contribution in [3.05, 3.63) is 47.1 Å². The standard InChI is InChI=1S/C29H45ClN2O/c1-20(2)23-9-7-22(8-10-23)15-17-31-27(21(3)4)28(33)32-18-16-26(29(5,6)19-32)24-11-13-25(30)14-12-24/h7-9,11,13-14,20-21,23-24,26-27,31H,10,12,15-19H2,1-6H3/t23?,24?,26-,27-/m1/s1. The van der Waals surface area contributed by atoms with E-state index in [0.717, 1.165) is 50.3 Å². The lowest BCUT2D eigenvalue weighted by Crippen LogP contribution is -2.56. The number of rotatable bonds is 8. The second-order valence-electron chi connectivity index (χ2n) is 11.7. The van der Waals surface area contributed by atoms with Gasteiger partial charge < -0.3 is 10.2 Å². The molecule has 2 aliphatic carbocycles. The first-order chi connectivity index (χ1) is 15.6. The Labute approximate surface area is 207 Å². The molecule has 0 spiro atoms. The Hall–Kier alpha value is -1.32. The van der Waals surface area contributed by atoms with Crippen molar-refractivity contribution in [3.63, 3.8) is 0 Å². The van der Waals surface area contributed by atoms with E-state index in [1.807, 2.05) is 6.08 Å². The summed E-state index contributed by atoms with van der Waals surface area (Å²) in [5, 5.41) is 4.45. The van der Waals surface area contributed by atoms with Crippen LogP contribution >= 0.6 is 11.6 Å². The van der Waals surface area contributed by atoms with Gasteiger partial charge in [0.25, 0.3) is 0 Å². The van der Waals surface area contributed by atoms with Crippen molar-refractivity contribution >= 4 is 17.5 Å². The van der Waals surface area contributed by atoms with Crippen molar-refractivity contribution in [1.82, 2.24) is 10.2 Å². The van der Waals surface area contributed by atoms with Gasteiger partial charge in [-0.3, -0.25) is 4.79 Å². The van der Waals surface area contributed by atoms with Gasteiger partial charge in [-0.1, -0.05) is 89.1 Å². The highest BCUT2D eigenvalue weighted by molar-refractivity contribution is 6.31. The third kappa shape index (κ3) is 6.85. The molecule has 33 heavy (non-hydrogen) atoms. The monoisotopic (exact) mass is 472 g/mol. The minimum atomic E-state index is -0.120. The maximum absolute atomic E-state index is 13.5. The molecular formula is C29H45ClN2O. The number of carbonyl (C=O) groups excluding carboxylic acids is 1. The van der Waals surface area contributed by atoms with Crippen molar-refractivity contribution in [2.24, 2.45) is 35.0 Å². The fraction of sp³-hybridized carbons (Fsp3) is 0.690. The summed E-state index contributed by atoms with van der Waals surface area (Å²) >= 11 is 6.14. The number of halogens is 1. The van der Waals surface area contributed by atoms with Crippen LogP contribution < -0.4 is 5.32 Å². The summed E-state index contributed by atoms with van der Waals surface area (Å²) in [7, 11) is 0. The molecule has 3 aliphatic rings. The zero-order chi connectivity index (χ0) is 24.2. The molecule has 0 bridgehead atoms. The fourth-order valence-electron chi connectivity index (χ4n) is 5.80. The first-order valence-corrected chi connectivity index (χ1v) is 13.4. The Morgan fingerprint density at radius 1 is 1.15 bits per heavy atom. The number of hydrogen-bond acceptors (Lipinski definition) is 2. The number of carbonyl (C=O) groups is 1. The molecule has 0 aromatic heterocycles. The van der Waals surface area contributed by atoms with E-state index in [0.29, 0.717) is 23.7 Å². The Balaban J connectivity index is 1.53. The molecule has 0 saturated carbocycles. The molecule has 1 saturated heterocycles. The normalized spacial score (nSPS) is 28.2. The molecule has 3 nitrogen and oxygen atoms in total. The summed E-state index contributed by atoms with van der Waals surface area (Å²) in [6.45, 7) is 16.1. The molecule has 1 amide bonds. The average Bonchev–Trinajstić information content (AvgIpc) is 2.76. The van der Waals surface area contributed by atoms with E-state index in [9.17, 15) is 4.79 Å². The Kier molecular flexibility index (Phi) is 9.08. The highest BCUT2D eigenvalue weighted by Crippen LogP contribution is 2.43. The molecule has 0 aromatic carbocycles. The van der Waals surface area contributed by atoms with Gasteiger partial charge in [0.15, 0.2) is 0 Å². The third-order valence-corrected chi connectivity index (χ3v) is 8.29. The summed E-state index contributed by atoms with van der Waals surface area (Å²) in [6.07, 6.45) is 17.7. The van der Waals surface area contributed by atoms with Crippen molar-refractivity contribution in [3.8, 4) is 0 Å². The van der Waals surface area contributed by atoms with Gasteiger partial charge in [-0.05, 0) is 73.3 Å². The van der Waals surface area contributed by atoms with Crippen LogP contribution in [0.25, 0.3) is 0 Å². The number of hydrogen-bond donors (Lipinski definition) is 1. The Morgan fingerprint density at radius 3 is 2.45 bits per heavy atom. The largest absolute Gasteiger partial charge is 0.341 e. The van der Waals surface area contributed by atoms with Gasteiger partial charge in [0, 0.05) is 18.1 Å². The lowest BCUT2D eigenvalue weighted by atomic mass is 9.66. The predicted octanol–water partition coefficient (Wildman–Crippen LogP) is 6.72. The maximum Gasteiger partial charge on any atom is 0.239 e. The number of nitrogens with zero attached hydrogens (tertiary/aromatic N) is 1. The van der Waals surface area contributed by atoms with E-state index in [4.69, 9.17) is 11.6 Å². The predicted molar refractivity (Wildman–Crippen MR) is 141 cm³/mol. The van der Waals surface area contributed by atoms with Gasteiger partial charge in [-0.15, -0.1) is 0 Å². The van der Waals surface area contributed by atoms with Gasteiger partial charge in [0.05, 0.1) is 6.04 Å². The van der Waals surface area contributed by atoms with Crippen molar-refractivity contribution < 1.29 is 4.79 Å². The molecule has 3 rings (SSSR count). The van der Waals surface area contributed by atoms with E-state index >= 15 is 0 Å². The molecule has 2 unspecified atom stereocenters. The van der Waals surface area contributed by atoms with Gasteiger partial charge in [0.1, 0.15) is 0 Å². The molecule has 1 heterocycles. The van der Waals surface area contributed by atoms with E-state index in [2.05, 4.69) is 82.1 Å². The van der Waals surface area contributed by atoms with Crippen molar-refractivity contribution in [2.45, 2.75) is 73.3 Å². The molecular weight excluding hydrogens is 428 g/mol. The van der Waals surface area contributed by atoms with Crippen LogP contribution in [0.3, 0.4) is 0 Å². The smallest absolute Gasteiger partial charge is 0.239 e. The maximum atomic E-state index is 13.5. The van der Waals surface area contributed by atoms with Crippen molar-refractivity contribution in [1.29, 1.82) is 0 Å². The van der Waals surface area contributed by atoms with E-state index in [-0.39, 0.29) is 23.3 Å². The van der Waals surface area contributed by atoms with E-state index in [1.165, 1.54) is 5.57 Å². The summed E-state index contributed by atoms with van der Waals surface area (Å²) in [5.74, 6) is 2.99. The van der Waals surface area contributed by atoms with Gasteiger partial charge in [-0.25, -0.2) is 0 Å². The van der Waals surface area contributed by atoms with Crippen molar-refractivity contribution in [2.75, 3.05) is 19.6 Å². The van der Waals surface area contributed by atoms with Gasteiger partial charge in [-0.2, -0.15) is 0 Å². The number of amides is 1. The topological polar surface area (TPSA) is 32.3 Å². The van der Waals surface area contributed by atoms with Crippen LogP contribution in [0.1, 0.15) is 67.2 Å². The number of allylic oxidation sites excluding steroid dienone is 7. The second-order valence-corrected chi connectivity index (χ2v) is 12.1. The molecule has 1 fully saturated rings. The zero-order valence-corrected chi connectivity index (χ0v) is 22.4. The van der Waals surface area contributed by atoms with Crippen LogP contribution in [0, 0.1) is 35.0 Å². The third-order valence-electron chi connectivity index (χ3n) is 8.00. The number of piperidine rings is 1.